The predicted molar refractivity (Wildman–Crippen MR) is 127 cm³/mol. The zero-order chi connectivity index (χ0) is 22.7. The molecule has 0 saturated carbocycles. The minimum atomic E-state index is -0.599. The molecule has 1 aromatic heterocycles. The van der Waals surface area contributed by atoms with Gasteiger partial charge < -0.3 is 15.3 Å². The fraction of sp³-hybridized carbons (Fsp3) is 0.348. The third-order valence-electron chi connectivity index (χ3n) is 5.59. The van der Waals surface area contributed by atoms with Gasteiger partial charge in [-0.25, -0.2) is 4.98 Å². The predicted octanol–water partition coefficient (Wildman–Crippen LogP) is 2.70. The molecule has 2 N–H and O–H groups in total. The van der Waals surface area contributed by atoms with Crippen LogP contribution in [0.4, 0.5) is 0 Å². The number of carbonyl (C=O) groups excluding carboxylic acids is 1. The highest BCUT2D eigenvalue weighted by Gasteiger charge is 2.33. The molecule has 0 bridgehead atoms. The monoisotopic (exact) mass is 472 g/mol. The maximum absolute atomic E-state index is 13.7. The Morgan fingerprint density at radius 3 is 2.81 bits per heavy atom. The molecule has 2 atom stereocenters. The lowest BCUT2D eigenvalue weighted by atomic mass is 10.1. The highest BCUT2D eigenvalue weighted by Crippen LogP contribution is 2.36. The van der Waals surface area contributed by atoms with Gasteiger partial charge in [-0.05, 0) is 30.7 Å². The van der Waals surface area contributed by atoms with Crippen molar-refractivity contribution in [3.8, 4) is 0 Å². The largest absolute Gasteiger partial charge is 0.394 e. The Hall–Kier alpha value is -2.39. The molecule has 3 aromatic rings. The van der Waals surface area contributed by atoms with Crippen LogP contribution in [0.1, 0.15) is 17.7 Å². The molecule has 0 radical (unpaired) electrons. The van der Waals surface area contributed by atoms with E-state index in [-0.39, 0.29) is 24.1 Å². The van der Waals surface area contributed by atoms with Crippen LogP contribution in [-0.4, -0.2) is 57.7 Å². The second kappa shape index (κ2) is 10.0. The van der Waals surface area contributed by atoms with Gasteiger partial charge in [-0.2, -0.15) is 0 Å². The third kappa shape index (κ3) is 4.54. The first-order chi connectivity index (χ1) is 15.5. The van der Waals surface area contributed by atoms with Crippen LogP contribution < -0.4 is 10.9 Å². The molecule has 4 rings (SSSR count). The molecule has 1 amide bonds. The molecule has 1 saturated heterocycles. The minimum absolute atomic E-state index is 0.102. The summed E-state index contributed by atoms with van der Waals surface area (Å²) in [6.45, 7) is 3.91. The van der Waals surface area contributed by atoms with Gasteiger partial charge in [0.1, 0.15) is 5.25 Å². The topological polar surface area (TPSA) is 87.5 Å². The van der Waals surface area contributed by atoms with Crippen LogP contribution in [0.2, 0.25) is 5.02 Å². The van der Waals surface area contributed by atoms with Gasteiger partial charge >= 0.3 is 0 Å². The van der Waals surface area contributed by atoms with Gasteiger partial charge in [0.2, 0.25) is 5.91 Å². The van der Waals surface area contributed by atoms with Crippen LogP contribution in [0.5, 0.6) is 0 Å². The zero-order valence-electron chi connectivity index (χ0n) is 17.7. The van der Waals surface area contributed by atoms with Crippen molar-refractivity contribution in [3.05, 3.63) is 69.5 Å². The summed E-state index contributed by atoms with van der Waals surface area (Å²) in [5.41, 5.74) is 1.18. The van der Waals surface area contributed by atoms with E-state index in [2.05, 4.69) is 5.32 Å². The number of nitrogens with zero attached hydrogens (tertiary/aromatic N) is 3. The van der Waals surface area contributed by atoms with Gasteiger partial charge in [0.05, 0.1) is 23.6 Å². The molecule has 2 unspecified atom stereocenters. The Labute approximate surface area is 195 Å². The number of amides is 1. The molecule has 7 nitrogen and oxygen atoms in total. The van der Waals surface area contributed by atoms with Crippen LogP contribution in [0.3, 0.4) is 0 Å². The molecule has 0 spiro atoms. The van der Waals surface area contributed by atoms with Gasteiger partial charge in [0.15, 0.2) is 5.16 Å². The second-order valence-corrected chi connectivity index (χ2v) is 9.09. The molecule has 1 fully saturated rings. The molecule has 2 heterocycles. The normalized spacial score (nSPS) is 17.5. The Morgan fingerprint density at radius 1 is 1.31 bits per heavy atom. The number of benzene rings is 2. The number of hydrogen-bond acceptors (Lipinski definition) is 6. The number of aromatic nitrogens is 2. The highest BCUT2D eigenvalue weighted by atomic mass is 35.5. The molecule has 1 aliphatic rings. The Balaban J connectivity index is 1.78. The number of rotatable bonds is 6. The smallest absolute Gasteiger partial charge is 0.262 e. The summed E-state index contributed by atoms with van der Waals surface area (Å²) >= 11 is 7.35. The molecule has 168 valence electrons. The third-order valence-corrected chi connectivity index (χ3v) is 7.06. The first-order valence-electron chi connectivity index (χ1n) is 10.6. The lowest BCUT2D eigenvalue weighted by Gasteiger charge is -2.37. The van der Waals surface area contributed by atoms with Gasteiger partial charge in [0, 0.05) is 31.2 Å². The number of nitrogens with one attached hydrogen (secondary N) is 1. The van der Waals surface area contributed by atoms with Crippen molar-refractivity contribution in [2.75, 3.05) is 26.2 Å². The van der Waals surface area contributed by atoms with E-state index in [1.165, 1.54) is 11.8 Å². The molecule has 9 heteroatoms. The van der Waals surface area contributed by atoms with Crippen LogP contribution in [0.25, 0.3) is 10.9 Å². The van der Waals surface area contributed by atoms with Gasteiger partial charge in [-0.1, -0.05) is 53.7 Å². The number of halogens is 1. The van der Waals surface area contributed by atoms with E-state index in [1.807, 2.05) is 37.3 Å². The van der Waals surface area contributed by atoms with E-state index in [0.29, 0.717) is 47.3 Å². The number of thioether (sulfide) groups is 1. The number of fused-ring (bicyclic) bond motifs is 1. The summed E-state index contributed by atoms with van der Waals surface area (Å²) < 4.78 is 1.58. The van der Waals surface area contributed by atoms with E-state index in [4.69, 9.17) is 16.6 Å². The first kappa shape index (κ1) is 22.8. The number of aliphatic hydroxyl groups is 1. The molecular formula is C23H25ClN4O3S. The fourth-order valence-electron chi connectivity index (χ4n) is 3.90. The molecular weight excluding hydrogens is 448 g/mol. The summed E-state index contributed by atoms with van der Waals surface area (Å²) in [4.78, 5) is 33.3. The fourth-order valence-corrected chi connectivity index (χ4v) is 5.30. The maximum atomic E-state index is 13.7. The van der Waals surface area contributed by atoms with E-state index < -0.39 is 5.25 Å². The molecule has 0 aliphatic carbocycles. The molecule has 1 aliphatic heterocycles. The summed E-state index contributed by atoms with van der Waals surface area (Å²) in [5.74, 6) is -0.102. The van der Waals surface area contributed by atoms with Crippen LogP contribution in [0.15, 0.2) is 58.5 Å². The van der Waals surface area contributed by atoms with Crippen molar-refractivity contribution in [3.63, 3.8) is 0 Å². The lowest BCUT2D eigenvalue weighted by Crippen LogP contribution is -2.56. The molecule has 32 heavy (non-hydrogen) atoms. The summed E-state index contributed by atoms with van der Waals surface area (Å²) in [6, 6.07) is 14.2. The lowest BCUT2D eigenvalue weighted by molar-refractivity contribution is -0.134. The minimum Gasteiger partial charge on any atom is -0.394 e. The van der Waals surface area contributed by atoms with Gasteiger partial charge in [0.25, 0.3) is 5.56 Å². The number of aliphatic hydroxyl groups excluding tert-OH is 1. The Morgan fingerprint density at radius 2 is 2.09 bits per heavy atom. The number of piperazine rings is 1. The zero-order valence-corrected chi connectivity index (χ0v) is 19.3. The van der Waals surface area contributed by atoms with Crippen molar-refractivity contribution >= 4 is 40.2 Å². The number of carbonyl (C=O) groups is 1. The van der Waals surface area contributed by atoms with Crippen molar-refractivity contribution in [1.82, 2.24) is 19.8 Å². The van der Waals surface area contributed by atoms with E-state index >= 15 is 0 Å². The molecule has 2 aromatic carbocycles. The Bertz CT molecular complexity index is 1170. The second-order valence-electron chi connectivity index (χ2n) is 7.59. The van der Waals surface area contributed by atoms with E-state index in [0.717, 1.165) is 5.56 Å². The summed E-state index contributed by atoms with van der Waals surface area (Å²) in [5, 5.41) is 13.8. The average molecular weight is 473 g/mol. The van der Waals surface area contributed by atoms with Gasteiger partial charge in [-0.3, -0.25) is 14.2 Å². The van der Waals surface area contributed by atoms with E-state index in [1.54, 1.807) is 27.7 Å². The van der Waals surface area contributed by atoms with Crippen molar-refractivity contribution in [2.45, 2.75) is 29.9 Å². The Kier molecular flexibility index (Phi) is 7.15. The standard InChI is InChI=1S/C23H25ClN4O3S/c1-2-27-21(30)18-12-16(24)8-9-19(18)26-23(27)32-20(15-6-4-3-5-7-15)22(31)28-11-10-25-13-17(28)14-29/h3-9,12,17,20,25,29H,2,10-11,13-14H2,1H3. The quantitative estimate of drug-likeness (QED) is 0.423. The van der Waals surface area contributed by atoms with Crippen LogP contribution in [-0.2, 0) is 11.3 Å². The first-order valence-corrected chi connectivity index (χ1v) is 11.8. The van der Waals surface area contributed by atoms with Gasteiger partial charge in [-0.15, -0.1) is 0 Å². The summed E-state index contributed by atoms with van der Waals surface area (Å²) in [6.07, 6.45) is 0. The number of hydrogen-bond donors (Lipinski definition) is 2. The SMILES string of the molecule is CCn1c(SC(C(=O)N2CCNCC2CO)c2ccccc2)nc2ccc(Cl)cc2c1=O. The summed E-state index contributed by atoms with van der Waals surface area (Å²) in [7, 11) is 0. The van der Waals surface area contributed by atoms with E-state index in [9.17, 15) is 14.7 Å². The average Bonchev–Trinajstić information content (AvgIpc) is 2.83. The van der Waals surface area contributed by atoms with Crippen molar-refractivity contribution < 1.29 is 9.90 Å². The van der Waals surface area contributed by atoms with Crippen LogP contribution in [0, 0.1) is 0 Å². The van der Waals surface area contributed by atoms with Crippen molar-refractivity contribution in [1.29, 1.82) is 0 Å². The maximum Gasteiger partial charge on any atom is 0.262 e. The van der Waals surface area contributed by atoms with Crippen LogP contribution >= 0.6 is 23.4 Å². The highest BCUT2D eigenvalue weighted by molar-refractivity contribution is 8.00. The van der Waals surface area contributed by atoms with Crippen molar-refractivity contribution in [2.24, 2.45) is 0 Å².